The summed E-state index contributed by atoms with van der Waals surface area (Å²) in [7, 11) is 0. The lowest BCUT2D eigenvalue weighted by molar-refractivity contribution is -0.00595. The number of hydrogen-bond acceptors (Lipinski definition) is 2. The molecule has 0 aliphatic carbocycles. The lowest BCUT2D eigenvalue weighted by Gasteiger charge is -2.21. The zero-order valence-electron chi connectivity index (χ0n) is 11.5. The highest BCUT2D eigenvalue weighted by atomic mass is 16.5. The van der Waals surface area contributed by atoms with Gasteiger partial charge in [-0.3, -0.25) is 0 Å². The van der Waals surface area contributed by atoms with E-state index in [9.17, 15) is 0 Å². The van der Waals surface area contributed by atoms with Crippen LogP contribution in [0.3, 0.4) is 0 Å². The molecule has 0 aliphatic heterocycles. The molecule has 0 bridgehead atoms. The molecule has 2 N–H and O–H groups in total. The number of ether oxygens (including phenoxy) is 1. The van der Waals surface area contributed by atoms with Crippen molar-refractivity contribution in [1.29, 1.82) is 0 Å². The minimum Gasteiger partial charge on any atom is -0.376 e. The van der Waals surface area contributed by atoms with E-state index in [-0.39, 0.29) is 11.6 Å². The normalized spacial score (nSPS) is 13.7. The van der Waals surface area contributed by atoms with E-state index < -0.39 is 0 Å². The van der Waals surface area contributed by atoms with Crippen molar-refractivity contribution in [3.05, 3.63) is 35.4 Å². The molecule has 1 aromatic carbocycles. The molecule has 0 spiro atoms. The maximum atomic E-state index is 6.12. The summed E-state index contributed by atoms with van der Waals surface area (Å²) < 4.78 is 5.69. The van der Waals surface area contributed by atoms with Crippen molar-refractivity contribution in [1.82, 2.24) is 0 Å². The maximum absolute atomic E-state index is 6.12. The number of rotatable bonds is 5. The fourth-order valence-corrected chi connectivity index (χ4v) is 1.74. The zero-order valence-corrected chi connectivity index (χ0v) is 11.5. The van der Waals surface area contributed by atoms with Gasteiger partial charge in [-0.05, 0) is 51.7 Å². The van der Waals surface area contributed by atoms with Crippen molar-refractivity contribution in [2.24, 2.45) is 5.73 Å². The van der Waals surface area contributed by atoms with Gasteiger partial charge in [0, 0.05) is 12.6 Å². The van der Waals surface area contributed by atoms with Crippen molar-refractivity contribution in [2.45, 2.75) is 52.2 Å². The topological polar surface area (TPSA) is 35.2 Å². The van der Waals surface area contributed by atoms with E-state index >= 15 is 0 Å². The molecule has 0 saturated heterocycles. The average molecular weight is 235 g/mol. The van der Waals surface area contributed by atoms with Gasteiger partial charge in [0.05, 0.1) is 5.60 Å². The molecule has 0 saturated carbocycles. The van der Waals surface area contributed by atoms with E-state index in [4.69, 9.17) is 10.5 Å². The van der Waals surface area contributed by atoms with E-state index in [0.29, 0.717) is 0 Å². The van der Waals surface area contributed by atoms with Crippen molar-refractivity contribution in [3.63, 3.8) is 0 Å². The predicted molar refractivity (Wildman–Crippen MR) is 73.2 cm³/mol. The van der Waals surface area contributed by atoms with Crippen LogP contribution in [0.15, 0.2) is 24.3 Å². The Hall–Kier alpha value is -0.860. The lowest BCUT2D eigenvalue weighted by Crippen LogP contribution is -2.28. The molecule has 1 rings (SSSR count). The van der Waals surface area contributed by atoms with Crippen molar-refractivity contribution >= 4 is 0 Å². The third-order valence-electron chi connectivity index (χ3n) is 2.77. The van der Waals surface area contributed by atoms with Crippen LogP contribution >= 0.6 is 0 Å². The van der Waals surface area contributed by atoms with Crippen molar-refractivity contribution in [2.75, 3.05) is 6.61 Å². The molecule has 0 aliphatic rings. The second-order valence-electron chi connectivity index (χ2n) is 5.64. The molecule has 0 fully saturated rings. The summed E-state index contributed by atoms with van der Waals surface area (Å²) in [4.78, 5) is 0. The van der Waals surface area contributed by atoms with Crippen LogP contribution in [0.2, 0.25) is 0 Å². The Kier molecular flexibility index (Phi) is 5.16. The number of hydrogen-bond donors (Lipinski definition) is 1. The molecule has 0 heterocycles. The van der Waals surface area contributed by atoms with Crippen LogP contribution in [0, 0.1) is 6.92 Å². The second kappa shape index (κ2) is 6.18. The second-order valence-corrected chi connectivity index (χ2v) is 5.64. The van der Waals surface area contributed by atoms with Gasteiger partial charge >= 0.3 is 0 Å². The quantitative estimate of drug-likeness (QED) is 0.851. The smallest absolute Gasteiger partial charge is 0.0598 e. The monoisotopic (exact) mass is 235 g/mol. The zero-order chi connectivity index (χ0) is 12.9. The largest absolute Gasteiger partial charge is 0.376 e. The summed E-state index contributed by atoms with van der Waals surface area (Å²) in [6, 6.07) is 8.60. The van der Waals surface area contributed by atoms with Gasteiger partial charge in [0.2, 0.25) is 0 Å². The Morgan fingerprint density at radius 2 is 1.88 bits per heavy atom. The standard InChI is InChI=1S/C15H25NO/c1-12-7-5-6-8-13(12)11-14(16)9-10-17-15(2,3)4/h5-8,14H,9-11,16H2,1-4H3. The molecule has 96 valence electrons. The lowest BCUT2D eigenvalue weighted by atomic mass is 10.00. The average Bonchev–Trinajstić information content (AvgIpc) is 2.19. The highest BCUT2D eigenvalue weighted by Crippen LogP contribution is 2.12. The highest BCUT2D eigenvalue weighted by molar-refractivity contribution is 5.26. The van der Waals surface area contributed by atoms with Crippen LogP contribution in [0.5, 0.6) is 0 Å². The predicted octanol–water partition coefficient (Wildman–Crippen LogP) is 3.07. The van der Waals surface area contributed by atoms with Crippen LogP contribution in [0.1, 0.15) is 38.3 Å². The number of nitrogens with two attached hydrogens (primary N) is 1. The summed E-state index contributed by atoms with van der Waals surface area (Å²) in [5, 5.41) is 0. The SMILES string of the molecule is Cc1ccccc1CC(N)CCOC(C)(C)C. The molecule has 17 heavy (non-hydrogen) atoms. The van der Waals surface area contributed by atoms with Gasteiger partial charge < -0.3 is 10.5 Å². The molecular formula is C15H25NO. The molecule has 0 radical (unpaired) electrons. The minimum atomic E-state index is -0.0671. The van der Waals surface area contributed by atoms with Gasteiger partial charge in [0.15, 0.2) is 0 Å². The van der Waals surface area contributed by atoms with Gasteiger partial charge in [0.1, 0.15) is 0 Å². The first-order chi connectivity index (χ1) is 7.88. The van der Waals surface area contributed by atoms with Crippen molar-refractivity contribution < 1.29 is 4.74 Å². The van der Waals surface area contributed by atoms with E-state index in [1.165, 1.54) is 11.1 Å². The molecule has 0 amide bonds. The Morgan fingerprint density at radius 3 is 2.47 bits per heavy atom. The highest BCUT2D eigenvalue weighted by Gasteiger charge is 2.11. The van der Waals surface area contributed by atoms with Gasteiger partial charge in [-0.25, -0.2) is 0 Å². The van der Waals surface area contributed by atoms with Crippen LogP contribution in [0.4, 0.5) is 0 Å². The third-order valence-corrected chi connectivity index (χ3v) is 2.77. The molecule has 0 aromatic heterocycles. The van der Waals surface area contributed by atoms with Gasteiger partial charge in [-0.1, -0.05) is 24.3 Å². The molecule has 2 nitrogen and oxygen atoms in total. The summed E-state index contributed by atoms with van der Waals surface area (Å²) in [6.07, 6.45) is 1.84. The fraction of sp³-hybridized carbons (Fsp3) is 0.600. The van der Waals surface area contributed by atoms with Crippen LogP contribution in [-0.2, 0) is 11.2 Å². The van der Waals surface area contributed by atoms with E-state index in [1.54, 1.807) is 0 Å². The van der Waals surface area contributed by atoms with E-state index in [0.717, 1.165) is 19.4 Å². The minimum absolute atomic E-state index is 0.0671. The summed E-state index contributed by atoms with van der Waals surface area (Å²) in [6.45, 7) is 9.07. The maximum Gasteiger partial charge on any atom is 0.0598 e. The molecule has 1 aromatic rings. The first-order valence-electron chi connectivity index (χ1n) is 6.32. The van der Waals surface area contributed by atoms with E-state index in [2.05, 4.69) is 52.0 Å². The molecule has 2 heteroatoms. The fourth-order valence-electron chi connectivity index (χ4n) is 1.74. The molecular weight excluding hydrogens is 210 g/mol. The first-order valence-corrected chi connectivity index (χ1v) is 6.32. The Morgan fingerprint density at radius 1 is 1.24 bits per heavy atom. The Labute approximate surface area is 105 Å². The summed E-state index contributed by atoms with van der Waals surface area (Å²) in [5.74, 6) is 0. The Balaban J connectivity index is 2.35. The summed E-state index contributed by atoms with van der Waals surface area (Å²) >= 11 is 0. The van der Waals surface area contributed by atoms with Crippen molar-refractivity contribution in [3.8, 4) is 0 Å². The summed E-state index contributed by atoms with van der Waals surface area (Å²) in [5.41, 5.74) is 8.72. The number of benzene rings is 1. The third kappa shape index (κ3) is 5.85. The van der Waals surface area contributed by atoms with Crippen LogP contribution in [0.25, 0.3) is 0 Å². The van der Waals surface area contributed by atoms with Gasteiger partial charge in [-0.2, -0.15) is 0 Å². The first kappa shape index (κ1) is 14.2. The van der Waals surface area contributed by atoms with E-state index in [1.807, 2.05) is 0 Å². The van der Waals surface area contributed by atoms with Crippen LogP contribution < -0.4 is 5.73 Å². The molecule has 1 atom stereocenters. The van der Waals surface area contributed by atoms with Gasteiger partial charge in [0.25, 0.3) is 0 Å². The molecule has 1 unspecified atom stereocenters. The number of aryl methyl sites for hydroxylation is 1. The van der Waals surface area contributed by atoms with Crippen LogP contribution in [-0.4, -0.2) is 18.2 Å². The Bertz CT molecular complexity index is 341. The van der Waals surface area contributed by atoms with Gasteiger partial charge in [-0.15, -0.1) is 0 Å².